The molecule has 1 aliphatic heterocycles. The third-order valence-electron chi connectivity index (χ3n) is 3.90. The molecule has 1 aliphatic rings. The Morgan fingerprint density at radius 2 is 2.18 bits per heavy atom. The number of aromatic amines is 1. The molecule has 2 heterocycles. The fraction of sp³-hybridized carbons (Fsp3) is 0.375. The summed E-state index contributed by atoms with van der Waals surface area (Å²) in [5.41, 5.74) is 3.24. The molecule has 1 amide bonds. The number of H-pyrrole nitrogens is 1. The summed E-state index contributed by atoms with van der Waals surface area (Å²) in [4.78, 5) is 14.5. The zero-order chi connectivity index (χ0) is 15.5. The molecule has 2 aromatic rings. The first kappa shape index (κ1) is 14.6. The smallest absolute Gasteiger partial charge is 0.259 e. The van der Waals surface area contributed by atoms with Gasteiger partial charge in [-0.1, -0.05) is 0 Å². The Balaban J connectivity index is 1.69. The predicted octanol–water partition coefficient (Wildman–Crippen LogP) is 2.20. The maximum absolute atomic E-state index is 12.1. The van der Waals surface area contributed by atoms with Crippen LogP contribution < -0.4 is 10.2 Å². The Labute approximate surface area is 129 Å². The lowest BCUT2D eigenvalue weighted by molar-refractivity contribution is 0.0989. The monoisotopic (exact) mass is 300 g/mol. The van der Waals surface area contributed by atoms with Crippen LogP contribution in [0.3, 0.4) is 0 Å². The number of morpholine rings is 1. The van der Waals surface area contributed by atoms with Crippen LogP contribution in [0.5, 0.6) is 0 Å². The van der Waals surface area contributed by atoms with Crippen molar-refractivity contribution in [3.8, 4) is 0 Å². The predicted molar refractivity (Wildman–Crippen MR) is 85.3 cm³/mol. The van der Waals surface area contributed by atoms with Crippen LogP contribution in [0.4, 0.5) is 11.4 Å². The first-order valence-electron chi connectivity index (χ1n) is 7.41. The number of amides is 1. The Bertz CT molecular complexity index is 650. The number of aromatic nitrogens is 2. The summed E-state index contributed by atoms with van der Waals surface area (Å²) in [6, 6.07) is 8.26. The number of nitrogens with one attached hydrogen (secondary N) is 2. The highest BCUT2D eigenvalue weighted by Crippen LogP contribution is 2.22. The molecule has 22 heavy (non-hydrogen) atoms. The SMILES string of the molecule is Cc1[nH]ncc1C(=O)Nc1ccc(N2CCOC[C@H]2C)cc1. The van der Waals surface area contributed by atoms with E-state index in [2.05, 4.69) is 27.3 Å². The summed E-state index contributed by atoms with van der Waals surface area (Å²) in [7, 11) is 0. The molecule has 1 fully saturated rings. The molecule has 6 nitrogen and oxygen atoms in total. The maximum Gasteiger partial charge on any atom is 0.259 e. The van der Waals surface area contributed by atoms with E-state index in [1.165, 1.54) is 6.20 Å². The molecule has 0 spiro atoms. The van der Waals surface area contributed by atoms with Gasteiger partial charge in [-0.3, -0.25) is 9.89 Å². The lowest BCUT2D eigenvalue weighted by Gasteiger charge is -2.35. The number of ether oxygens (including phenoxy) is 1. The largest absolute Gasteiger partial charge is 0.377 e. The third kappa shape index (κ3) is 2.96. The Morgan fingerprint density at radius 1 is 1.41 bits per heavy atom. The molecular formula is C16H20N4O2. The van der Waals surface area contributed by atoms with E-state index < -0.39 is 0 Å². The van der Waals surface area contributed by atoms with Crippen LogP contribution in [0.25, 0.3) is 0 Å². The van der Waals surface area contributed by atoms with Crippen LogP contribution in [0.2, 0.25) is 0 Å². The van der Waals surface area contributed by atoms with Gasteiger partial charge in [0.1, 0.15) is 0 Å². The lowest BCUT2D eigenvalue weighted by Crippen LogP contribution is -2.43. The number of rotatable bonds is 3. The fourth-order valence-electron chi connectivity index (χ4n) is 2.63. The third-order valence-corrected chi connectivity index (χ3v) is 3.90. The van der Waals surface area contributed by atoms with E-state index in [0.717, 1.165) is 36.8 Å². The molecule has 116 valence electrons. The molecule has 0 unspecified atom stereocenters. The van der Waals surface area contributed by atoms with Crippen molar-refractivity contribution in [1.29, 1.82) is 0 Å². The standard InChI is InChI=1S/C16H20N4O2/c1-11-10-22-8-7-20(11)14-5-3-13(4-6-14)18-16(21)15-9-17-19-12(15)2/h3-6,9,11H,7-8,10H2,1-2H3,(H,17,19)(H,18,21)/t11-/m1/s1. The molecule has 3 rings (SSSR count). The number of aryl methyl sites for hydroxylation is 1. The molecular weight excluding hydrogens is 280 g/mol. The molecule has 0 radical (unpaired) electrons. The second-order valence-electron chi connectivity index (χ2n) is 5.53. The number of benzene rings is 1. The number of carbonyl (C=O) groups is 1. The number of hydrogen-bond acceptors (Lipinski definition) is 4. The zero-order valence-electron chi connectivity index (χ0n) is 12.8. The van der Waals surface area contributed by atoms with Gasteiger partial charge in [-0.2, -0.15) is 5.10 Å². The first-order valence-corrected chi connectivity index (χ1v) is 7.41. The number of anilines is 2. The van der Waals surface area contributed by atoms with E-state index in [1.807, 2.05) is 31.2 Å². The minimum absolute atomic E-state index is 0.154. The van der Waals surface area contributed by atoms with Crippen molar-refractivity contribution in [2.24, 2.45) is 0 Å². The van der Waals surface area contributed by atoms with Crippen molar-refractivity contribution < 1.29 is 9.53 Å². The van der Waals surface area contributed by atoms with Crippen molar-refractivity contribution in [2.75, 3.05) is 30.0 Å². The molecule has 1 aromatic heterocycles. The van der Waals surface area contributed by atoms with Crippen LogP contribution in [0, 0.1) is 6.92 Å². The Hall–Kier alpha value is -2.34. The minimum atomic E-state index is -0.154. The highest BCUT2D eigenvalue weighted by Gasteiger charge is 2.19. The summed E-state index contributed by atoms with van der Waals surface area (Å²) in [6.45, 7) is 6.36. The van der Waals surface area contributed by atoms with Crippen LogP contribution in [0.15, 0.2) is 30.5 Å². The summed E-state index contributed by atoms with van der Waals surface area (Å²) in [6.07, 6.45) is 1.54. The Morgan fingerprint density at radius 3 is 2.82 bits per heavy atom. The van der Waals surface area contributed by atoms with Gasteiger partial charge in [0.15, 0.2) is 0 Å². The fourth-order valence-corrected chi connectivity index (χ4v) is 2.63. The average Bonchev–Trinajstić information content (AvgIpc) is 2.95. The van der Waals surface area contributed by atoms with E-state index in [-0.39, 0.29) is 5.91 Å². The first-order chi connectivity index (χ1) is 10.6. The van der Waals surface area contributed by atoms with Crippen molar-refractivity contribution >= 4 is 17.3 Å². The van der Waals surface area contributed by atoms with Gasteiger partial charge in [0, 0.05) is 29.7 Å². The highest BCUT2D eigenvalue weighted by molar-refractivity contribution is 6.04. The van der Waals surface area contributed by atoms with Gasteiger partial charge in [0.25, 0.3) is 5.91 Å². The molecule has 1 saturated heterocycles. The van der Waals surface area contributed by atoms with Crippen LogP contribution in [-0.4, -0.2) is 41.9 Å². The van der Waals surface area contributed by atoms with E-state index in [4.69, 9.17) is 4.74 Å². The zero-order valence-corrected chi connectivity index (χ0v) is 12.8. The van der Waals surface area contributed by atoms with Gasteiger partial charge in [-0.05, 0) is 38.1 Å². The average molecular weight is 300 g/mol. The van der Waals surface area contributed by atoms with Gasteiger partial charge < -0.3 is 15.0 Å². The molecule has 6 heteroatoms. The van der Waals surface area contributed by atoms with Gasteiger partial charge in [0.2, 0.25) is 0 Å². The number of hydrogen-bond donors (Lipinski definition) is 2. The van der Waals surface area contributed by atoms with Crippen molar-refractivity contribution in [1.82, 2.24) is 10.2 Å². The van der Waals surface area contributed by atoms with E-state index in [0.29, 0.717) is 11.6 Å². The molecule has 0 saturated carbocycles. The number of nitrogens with zero attached hydrogens (tertiary/aromatic N) is 2. The van der Waals surface area contributed by atoms with Gasteiger partial charge >= 0.3 is 0 Å². The van der Waals surface area contributed by atoms with E-state index in [1.54, 1.807) is 0 Å². The highest BCUT2D eigenvalue weighted by atomic mass is 16.5. The van der Waals surface area contributed by atoms with Crippen LogP contribution in [0.1, 0.15) is 23.0 Å². The van der Waals surface area contributed by atoms with Crippen molar-refractivity contribution in [3.05, 3.63) is 41.7 Å². The van der Waals surface area contributed by atoms with Crippen LogP contribution >= 0.6 is 0 Å². The van der Waals surface area contributed by atoms with Crippen molar-refractivity contribution in [2.45, 2.75) is 19.9 Å². The molecule has 1 atom stereocenters. The topological polar surface area (TPSA) is 70.2 Å². The Kier molecular flexibility index (Phi) is 4.11. The summed E-state index contributed by atoms with van der Waals surface area (Å²) >= 11 is 0. The second kappa shape index (κ2) is 6.19. The second-order valence-corrected chi connectivity index (χ2v) is 5.53. The lowest BCUT2D eigenvalue weighted by atomic mass is 10.2. The molecule has 1 aromatic carbocycles. The quantitative estimate of drug-likeness (QED) is 0.911. The number of carbonyl (C=O) groups excluding carboxylic acids is 1. The van der Waals surface area contributed by atoms with Gasteiger partial charge in [-0.15, -0.1) is 0 Å². The van der Waals surface area contributed by atoms with Crippen molar-refractivity contribution in [3.63, 3.8) is 0 Å². The molecule has 0 aliphatic carbocycles. The molecule has 0 bridgehead atoms. The van der Waals surface area contributed by atoms with Gasteiger partial charge in [-0.25, -0.2) is 0 Å². The summed E-state index contributed by atoms with van der Waals surface area (Å²) < 4.78 is 5.45. The molecule has 2 N–H and O–H groups in total. The van der Waals surface area contributed by atoms with Gasteiger partial charge in [0.05, 0.1) is 25.0 Å². The summed E-state index contributed by atoms with van der Waals surface area (Å²) in [5, 5.41) is 9.51. The van der Waals surface area contributed by atoms with E-state index in [9.17, 15) is 4.79 Å². The summed E-state index contributed by atoms with van der Waals surface area (Å²) in [5.74, 6) is -0.154. The minimum Gasteiger partial charge on any atom is -0.377 e. The normalized spacial score (nSPS) is 18.3. The van der Waals surface area contributed by atoms with Crippen LogP contribution in [-0.2, 0) is 4.74 Å². The van der Waals surface area contributed by atoms with E-state index >= 15 is 0 Å². The maximum atomic E-state index is 12.1.